The number of hydrogen-bond donors (Lipinski definition) is 1. The fourth-order valence-corrected chi connectivity index (χ4v) is 3.25. The lowest BCUT2D eigenvalue weighted by Crippen LogP contribution is -2.21. The van der Waals surface area contributed by atoms with Crippen molar-refractivity contribution >= 4 is 28.6 Å². The molecule has 0 aliphatic carbocycles. The molecule has 104 valence electrons. The van der Waals surface area contributed by atoms with Crippen LogP contribution in [-0.4, -0.2) is 19.0 Å². The molecule has 0 unspecified atom stereocenters. The summed E-state index contributed by atoms with van der Waals surface area (Å²) in [5.74, 6) is 0.0510. The van der Waals surface area contributed by atoms with E-state index in [0.717, 1.165) is 30.0 Å². The predicted molar refractivity (Wildman–Crippen MR) is 84.5 cm³/mol. The van der Waals surface area contributed by atoms with Crippen LogP contribution in [0.4, 0.5) is 11.4 Å². The number of hydrogen-bond acceptors (Lipinski definition) is 3. The van der Waals surface area contributed by atoms with E-state index in [1.165, 1.54) is 12.8 Å². The van der Waals surface area contributed by atoms with E-state index in [1.54, 1.807) is 11.3 Å². The van der Waals surface area contributed by atoms with Gasteiger partial charge in [-0.3, -0.25) is 4.79 Å². The zero-order chi connectivity index (χ0) is 13.8. The number of thiophene rings is 1. The van der Waals surface area contributed by atoms with Crippen LogP contribution in [0.25, 0.3) is 0 Å². The molecule has 1 aliphatic heterocycles. The SMILES string of the molecule is O=C(Cc1ccsc1)Nc1ccccc1N1CCCC1. The van der Waals surface area contributed by atoms with E-state index >= 15 is 0 Å². The second-order valence-electron chi connectivity index (χ2n) is 5.07. The van der Waals surface area contributed by atoms with Crippen LogP contribution in [0.5, 0.6) is 0 Å². The molecule has 2 heterocycles. The number of para-hydroxylation sites is 2. The second kappa shape index (κ2) is 6.09. The van der Waals surface area contributed by atoms with Crippen LogP contribution in [0.3, 0.4) is 0 Å². The third kappa shape index (κ3) is 3.02. The number of carbonyl (C=O) groups is 1. The minimum Gasteiger partial charge on any atom is -0.370 e. The summed E-state index contributed by atoms with van der Waals surface area (Å²) in [6.45, 7) is 2.16. The number of amides is 1. The minimum absolute atomic E-state index is 0.0510. The van der Waals surface area contributed by atoms with Crippen molar-refractivity contribution in [1.29, 1.82) is 0 Å². The first-order chi connectivity index (χ1) is 9.83. The number of anilines is 2. The Bertz CT molecular complexity index is 574. The van der Waals surface area contributed by atoms with Crippen molar-refractivity contribution in [2.45, 2.75) is 19.3 Å². The van der Waals surface area contributed by atoms with Gasteiger partial charge < -0.3 is 10.2 Å². The Morgan fingerprint density at radius 1 is 1.20 bits per heavy atom. The third-order valence-electron chi connectivity index (χ3n) is 3.57. The fraction of sp³-hybridized carbons (Fsp3) is 0.312. The lowest BCUT2D eigenvalue weighted by atomic mass is 10.2. The van der Waals surface area contributed by atoms with Gasteiger partial charge in [-0.25, -0.2) is 0 Å². The molecule has 20 heavy (non-hydrogen) atoms. The number of rotatable bonds is 4. The number of nitrogens with one attached hydrogen (secondary N) is 1. The Labute approximate surface area is 123 Å². The van der Waals surface area contributed by atoms with Crippen LogP contribution in [0.1, 0.15) is 18.4 Å². The van der Waals surface area contributed by atoms with Crippen molar-refractivity contribution in [2.24, 2.45) is 0 Å². The van der Waals surface area contributed by atoms with Gasteiger partial charge in [-0.1, -0.05) is 12.1 Å². The summed E-state index contributed by atoms with van der Waals surface area (Å²) in [6.07, 6.45) is 2.91. The van der Waals surface area contributed by atoms with Crippen molar-refractivity contribution in [2.75, 3.05) is 23.3 Å². The third-order valence-corrected chi connectivity index (χ3v) is 4.30. The Hall–Kier alpha value is -1.81. The summed E-state index contributed by atoms with van der Waals surface area (Å²) in [4.78, 5) is 14.5. The molecule has 1 amide bonds. The van der Waals surface area contributed by atoms with Gasteiger partial charge in [0.1, 0.15) is 0 Å². The Morgan fingerprint density at radius 2 is 2.00 bits per heavy atom. The molecule has 1 fully saturated rings. The highest BCUT2D eigenvalue weighted by Gasteiger charge is 2.16. The molecule has 0 radical (unpaired) electrons. The van der Waals surface area contributed by atoms with Crippen molar-refractivity contribution in [1.82, 2.24) is 0 Å². The molecule has 1 aromatic heterocycles. The summed E-state index contributed by atoms with van der Waals surface area (Å²) in [6, 6.07) is 10.1. The molecule has 2 aromatic rings. The molecular formula is C16H18N2OS. The topological polar surface area (TPSA) is 32.3 Å². The van der Waals surface area contributed by atoms with Crippen LogP contribution < -0.4 is 10.2 Å². The predicted octanol–water partition coefficient (Wildman–Crippen LogP) is 3.53. The first kappa shape index (κ1) is 13.2. The van der Waals surface area contributed by atoms with Gasteiger partial charge in [-0.15, -0.1) is 0 Å². The lowest BCUT2D eigenvalue weighted by Gasteiger charge is -2.21. The number of carbonyl (C=O) groups excluding carboxylic acids is 1. The molecule has 1 aliphatic rings. The van der Waals surface area contributed by atoms with E-state index in [2.05, 4.69) is 16.3 Å². The van der Waals surface area contributed by atoms with Crippen LogP contribution in [0.2, 0.25) is 0 Å². The van der Waals surface area contributed by atoms with E-state index < -0.39 is 0 Å². The monoisotopic (exact) mass is 286 g/mol. The molecule has 1 N–H and O–H groups in total. The molecule has 1 saturated heterocycles. The fourth-order valence-electron chi connectivity index (χ4n) is 2.59. The van der Waals surface area contributed by atoms with Gasteiger partial charge >= 0.3 is 0 Å². The van der Waals surface area contributed by atoms with Gasteiger partial charge in [-0.2, -0.15) is 11.3 Å². The van der Waals surface area contributed by atoms with Gasteiger partial charge in [0.25, 0.3) is 0 Å². The van der Waals surface area contributed by atoms with Crippen LogP contribution in [0.15, 0.2) is 41.1 Å². The van der Waals surface area contributed by atoms with Gasteiger partial charge in [0.15, 0.2) is 0 Å². The highest BCUT2D eigenvalue weighted by molar-refractivity contribution is 7.08. The molecule has 0 bridgehead atoms. The highest BCUT2D eigenvalue weighted by Crippen LogP contribution is 2.28. The molecule has 0 atom stereocenters. The Morgan fingerprint density at radius 3 is 2.75 bits per heavy atom. The summed E-state index contributed by atoms with van der Waals surface area (Å²) in [7, 11) is 0. The van der Waals surface area contributed by atoms with Gasteiger partial charge in [-0.05, 0) is 47.4 Å². The molecule has 3 nitrogen and oxygen atoms in total. The zero-order valence-corrected chi connectivity index (χ0v) is 12.2. The van der Waals surface area contributed by atoms with Crippen molar-refractivity contribution in [3.05, 3.63) is 46.7 Å². The average molecular weight is 286 g/mol. The molecule has 0 spiro atoms. The van der Waals surface area contributed by atoms with Gasteiger partial charge in [0.2, 0.25) is 5.91 Å². The van der Waals surface area contributed by atoms with Crippen LogP contribution in [0, 0.1) is 0 Å². The molecular weight excluding hydrogens is 268 g/mol. The largest absolute Gasteiger partial charge is 0.370 e. The maximum absolute atomic E-state index is 12.1. The smallest absolute Gasteiger partial charge is 0.228 e. The second-order valence-corrected chi connectivity index (χ2v) is 5.85. The van der Waals surface area contributed by atoms with E-state index in [9.17, 15) is 4.79 Å². The van der Waals surface area contributed by atoms with E-state index in [1.807, 2.05) is 35.0 Å². The summed E-state index contributed by atoms with van der Waals surface area (Å²) in [5, 5.41) is 7.07. The normalized spacial score (nSPS) is 14.5. The Kier molecular flexibility index (Phi) is 4.02. The molecule has 3 rings (SSSR count). The molecule has 1 aromatic carbocycles. The number of nitrogens with zero attached hydrogens (tertiary/aromatic N) is 1. The van der Waals surface area contributed by atoms with E-state index in [4.69, 9.17) is 0 Å². The maximum Gasteiger partial charge on any atom is 0.228 e. The first-order valence-electron chi connectivity index (χ1n) is 6.98. The highest BCUT2D eigenvalue weighted by atomic mass is 32.1. The lowest BCUT2D eigenvalue weighted by molar-refractivity contribution is -0.115. The summed E-state index contributed by atoms with van der Waals surface area (Å²) < 4.78 is 0. The minimum atomic E-state index is 0.0510. The van der Waals surface area contributed by atoms with Crippen LogP contribution >= 0.6 is 11.3 Å². The van der Waals surface area contributed by atoms with Gasteiger partial charge in [0.05, 0.1) is 17.8 Å². The van der Waals surface area contributed by atoms with Crippen LogP contribution in [-0.2, 0) is 11.2 Å². The Balaban J connectivity index is 1.71. The zero-order valence-electron chi connectivity index (χ0n) is 11.3. The van der Waals surface area contributed by atoms with E-state index in [0.29, 0.717) is 6.42 Å². The van der Waals surface area contributed by atoms with Crippen molar-refractivity contribution in [3.63, 3.8) is 0 Å². The molecule has 4 heteroatoms. The van der Waals surface area contributed by atoms with Crippen molar-refractivity contribution < 1.29 is 4.79 Å². The summed E-state index contributed by atoms with van der Waals surface area (Å²) in [5.41, 5.74) is 3.14. The maximum atomic E-state index is 12.1. The number of benzene rings is 1. The standard InChI is InChI=1S/C16H18N2OS/c19-16(11-13-7-10-20-12-13)17-14-5-1-2-6-15(14)18-8-3-4-9-18/h1-2,5-7,10,12H,3-4,8-9,11H2,(H,17,19). The molecule has 0 saturated carbocycles. The van der Waals surface area contributed by atoms with Crippen molar-refractivity contribution in [3.8, 4) is 0 Å². The van der Waals surface area contributed by atoms with E-state index in [-0.39, 0.29) is 5.91 Å². The first-order valence-corrected chi connectivity index (χ1v) is 7.92. The average Bonchev–Trinajstić information content (AvgIpc) is 3.11. The summed E-state index contributed by atoms with van der Waals surface area (Å²) >= 11 is 1.62. The quantitative estimate of drug-likeness (QED) is 0.932. The van der Waals surface area contributed by atoms with Gasteiger partial charge in [0, 0.05) is 13.1 Å².